The van der Waals surface area contributed by atoms with Crippen LogP contribution in [-0.2, 0) is 10.0 Å². The van der Waals surface area contributed by atoms with Crippen molar-refractivity contribution < 1.29 is 8.42 Å². The number of hydrogen-bond acceptors (Lipinski definition) is 4. The molecule has 1 aromatic rings. The van der Waals surface area contributed by atoms with E-state index in [9.17, 15) is 8.42 Å². The lowest BCUT2D eigenvalue weighted by Crippen LogP contribution is -2.29. The van der Waals surface area contributed by atoms with E-state index < -0.39 is 10.0 Å². The number of aromatic nitrogens is 1. The molecule has 1 saturated carbocycles. The Morgan fingerprint density at radius 3 is 2.74 bits per heavy atom. The molecule has 0 saturated heterocycles. The molecule has 19 heavy (non-hydrogen) atoms. The van der Waals surface area contributed by atoms with E-state index in [-0.39, 0.29) is 16.4 Å². The molecule has 2 rings (SSSR count). The van der Waals surface area contributed by atoms with Crippen molar-refractivity contribution in [2.75, 3.05) is 11.9 Å². The molecule has 0 bridgehead atoms. The molecule has 1 heterocycles. The lowest BCUT2D eigenvalue weighted by molar-refractivity contribution is 0.555. The molecule has 1 aliphatic carbocycles. The Morgan fingerprint density at radius 2 is 2.16 bits per heavy atom. The van der Waals surface area contributed by atoms with Crippen LogP contribution in [0, 0.1) is 5.41 Å². The van der Waals surface area contributed by atoms with Crippen LogP contribution in [0.1, 0.15) is 33.6 Å². The molecule has 0 amide bonds. The zero-order chi connectivity index (χ0) is 14.1. The van der Waals surface area contributed by atoms with Gasteiger partial charge in [-0.3, -0.25) is 0 Å². The molecule has 1 unspecified atom stereocenters. The molecule has 0 radical (unpaired) electrons. The Bertz CT molecular complexity index is 555. The summed E-state index contributed by atoms with van der Waals surface area (Å²) in [5, 5.41) is 3.05. The smallest absolute Gasteiger partial charge is 0.244 e. The largest absolute Gasteiger partial charge is 0.369 e. The minimum absolute atomic E-state index is 0.0248. The van der Waals surface area contributed by atoms with Gasteiger partial charge < -0.3 is 5.32 Å². The molecule has 0 aliphatic heterocycles. The van der Waals surface area contributed by atoms with E-state index in [1.807, 2.05) is 6.92 Å². The molecular weight excluding hydrogens is 262 g/mol. The molecule has 0 spiro atoms. The highest BCUT2D eigenvalue weighted by Crippen LogP contribution is 2.45. The van der Waals surface area contributed by atoms with Crippen LogP contribution in [0.2, 0.25) is 0 Å². The van der Waals surface area contributed by atoms with Gasteiger partial charge in [-0.1, -0.05) is 20.8 Å². The van der Waals surface area contributed by atoms with Gasteiger partial charge in [-0.25, -0.2) is 18.1 Å². The van der Waals surface area contributed by atoms with E-state index in [2.05, 4.69) is 28.9 Å². The second-order valence-electron chi connectivity index (χ2n) is 5.64. The molecule has 0 aromatic carbocycles. The first-order valence-corrected chi connectivity index (χ1v) is 8.06. The minimum atomic E-state index is -3.50. The number of hydrogen-bond donors (Lipinski definition) is 2. The summed E-state index contributed by atoms with van der Waals surface area (Å²) in [4.78, 5) is 4.34. The van der Waals surface area contributed by atoms with Gasteiger partial charge in [0.1, 0.15) is 10.7 Å². The van der Waals surface area contributed by atoms with Crippen molar-refractivity contribution in [3.05, 3.63) is 18.3 Å². The van der Waals surface area contributed by atoms with Gasteiger partial charge in [0.05, 0.1) is 0 Å². The Labute approximate surface area is 114 Å². The summed E-state index contributed by atoms with van der Waals surface area (Å²) in [6, 6.07) is 3.25. The lowest BCUT2D eigenvalue weighted by Gasteiger charge is -2.12. The Morgan fingerprint density at radius 1 is 1.47 bits per heavy atom. The molecule has 1 aromatic heterocycles. The number of rotatable bonds is 6. The number of pyridine rings is 1. The molecule has 6 heteroatoms. The zero-order valence-electron chi connectivity index (χ0n) is 11.6. The van der Waals surface area contributed by atoms with Gasteiger partial charge in [-0.05, 0) is 30.4 Å². The average Bonchev–Trinajstić information content (AvgIpc) is 2.93. The third-order valence-electron chi connectivity index (χ3n) is 3.41. The van der Waals surface area contributed by atoms with E-state index in [1.165, 1.54) is 0 Å². The summed E-state index contributed by atoms with van der Waals surface area (Å²) in [5.41, 5.74) is 0.0618. The van der Waals surface area contributed by atoms with Crippen LogP contribution in [0.15, 0.2) is 23.2 Å². The van der Waals surface area contributed by atoms with Crippen molar-refractivity contribution >= 4 is 15.8 Å². The fourth-order valence-electron chi connectivity index (χ4n) is 1.90. The number of nitrogens with one attached hydrogen (secondary N) is 2. The number of sulfonamides is 1. The molecular formula is C13H21N3O2S. The highest BCUT2D eigenvalue weighted by atomic mass is 32.2. The van der Waals surface area contributed by atoms with E-state index in [0.29, 0.717) is 12.4 Å². The van der Waals surface area contributed by atoms with Crippen LogP contribution in [0.4, 0.5) is 5.82 Å². The second kappa shape index (κ2) is 5.09. The van der Waals surface area contributed by atoms with Crippen LogP contribution < -0.4 is 10.0 Å². The van der Waals surface area contributed by atoms with Gasteiger partial charge in [-0.2, -0.15) is 0 Å². The van der Waals surface area contributed by atoms with E-state index in [0.717, 1.165) is 12.8 Å². The fourth-order valence-corrected chi connectivity index (χ4v) is 3.44. The topological polar surface area (TPSA) is 71.1 Å². The number of anilines is 1. The van der Waals surface area contributed by atoms with Crippen molar-refractivity contribution in [2.24, 2.45) is 5.41 Å². The summed E-state index contributed by atoms with van der Waals surface area (Å²) < 4.78 is 27.5. The highest BCUT2D eigenvalue weighted by molar-refractivity contribution is 7.89. The average molecular weight is 283 g/mol. The first kappa shape index (κ1) is 14.3. The van der Waals surface area contributed by atoms with Crippen molar-refractivity contribution in [3.63, 3.8) is 0 Å². The van der Waals surface area contributed by atoms with E-state index >= 15 is 0 Å². The minimum Gasteiger partial charge on any atom is -0.369 e. The van der Waals surface area contributed by atoms with Crippen molar-refractivity contribution in [1.82, 2.24) is 9.71 Å². The summed E-state index contributed by atoms with van der Waals surface area (Å²) in [5.74, 6) is 0.426. The van der Waals surface area contributed by atoms with Gasteiger partial charge in [0.2, 0.25) is 10.0 Å². The molecule has 1 aliphatic rings. The summed E-state index contributed by atoms with van der Waals surface area (Å²) in [6.45, 7) is 6.84. The van der Waals surface area contributed by atoms with Crippen LogP contribution in [-0.4, -0.2) is 26.0 Å². The van der Waals surface area contributed by atoms with Crippen molar-refractivity contribution in [2.45, 2.75) is 44.6 Å². The summed E-state index contributed by atoms with van der Waals surface area (Å²) in [7, 11) is -3.50. The molecule has 2 N–H and O–H groups in total. The molecule has 1 fully saturated rings. The molecule has 5 nitrogen and oxygen atoms in total. The standard InChI is InChI=1S/C13H21N3O2S/c1-4-7-14-12-10(6-5-8-15-12)19(17,18)16-11-9-13(11,2)3/h5-6,8,11,16H,4,7,9H2,1-3H3,(H,14,15). The van der Waals surface area contributed by atoms with E-state index in [4.69, 9.17) is 0 Å². The predicted octanol–water partition coefficient (Wildman–Crippen LogP) is 1.98. The quantitative estimate of drug-likeness (QED) is 0.837. The van der Waals surface area contributed by atoms with Crippen LogP contribution in [0.5, 0.6) is 0 Å². The molecule has 106 valence electrons. The summed E-state index contributed by atoms with van der Waals surface area (Å²) >= 11 is 0. The van der Waals surface area contributed by atoms with E-state index in [1.54, 1.807) is 18.3 Å². The van der Waals surface area contributed by atoms with Crippen LogP contribution in [0.3, 0.4) is 0 Å². The van der Waals surface area contributed by atoms with Crippen LogP contribution in [0.25, 0.3) is 0 Å². The van der Waals surface area contributed by atoms with Gasteiger partial charge in [0, 0.05) is 18.8 Å². The van der Waals surface area contributed by atoms with Gasteiger partial charge in [-0.15, -0.1) is 0 Å². The third-order valence-corrected chi connectivity index (χ3v) is 4.92. The first-order chi connectivity index (χ1) is 8.87. The maximum Gasteiger partial charge on any atom is 0.244 e. The Kier molecular flexibility index (Phi) is 3.82. The highest BCUT2D eigenvalue weighted by Gasteiger charge is 2.48. The predicted molar refractivity (Wildman–Crippen MR) is 75.5 cm³/mol. The SMILES string of the molecule is CCCNc1ncccc1S(=O)(=O)NC1CC1(C)C. The van der Waals surface area contributed by atoms with Gasteiger partial charge >= 0.3 is 0 Å². The van der Waals surface area contributed by atoms with Crippen molar-refractivity contribution in [3.8, 4) is 0 Å². The Balaban J connectivity index is 2.20. The lowest BCUT2D eigenvalue weighted by atomic mass is 10.2. The van der Waals surface area contributed by atoms with Crippen molar-refractivity contribution in [1.29, 1.82) is 0 Å². The van der Waals surface area contributed by atoms with Gasteiger partial charge in [0.25, 0.3) is 0 Å². The zero-order valence-corrected chi connectivity index (χ0v) is 12.4. The summed E-state index contributed by atoms with van der Waals surface area (Å²) in [6.07, 6.45) is 3.39. The van der Waals surface area contributed by atoms with Gasteiger partial charge in [0.15, 0.2) is 0 Å². The molecule has 1 atom stereocenters. The number of nitrogens with zero attached hydrogens (tertiary/aromatic N) is 1. The first-order valence-electron chi connectivity index (χ1n) is 6.58. The monoisotopic (exact) mass is 283 g/mol. The maximum atomic E-state index is 12.4. The third kappa shape index (κ3) is 3.25. The van der Waals surface area contributed by atoms with Crippen LogP contribution >= 0.6 is 0 Å². The Hall–Kier alpha value is -1.14. The second-order valence-corrected chi connectivity index (χ2v) is 7.33. The maximum absolute atomic E-state index is 12.4. The normalized spacial score (nSPS) is 21.1. The fraction of sp³-hybridized carbons (Fsp3) is 0.615.